The zero-order valence-corrected chi connectivity index (χ0v) is 7.51. The number of rotatable bonds is 1. The third kappa shape index (κ3) is 2.59. The van der Waals surface area contributed by atoms with Crippen molar-refractivity contribution in [3.63, 3.8) is 0 Å². The SMILES string of the molecule is O=Cc1ccc(Cl)c(C#CCO)c1. The second kappa shape index (κ2) is 4.66. The van der Waals surface area contributed by atoms with Gasteiger partial charge < -0.3 is 5.11 Å². The molecule has 1 aromatic rings. The van der Waals surface area contributed by atoms with Crippen LogP contribution >= 0.6 is 11.6 Å². The number of halogens is 1. The van der Waals surface area contributed by atoms with Gasteiger partial charge in [-0.05, 0) is 12.1 Å². The average Bonchev–Trinajstić information content (AvgIpc) is 2.17. The Balaban J connectivity index is 3.11. The summed E-state index contributed by atoms with van der Waals surface area (Å²) in [7, 11) is 0. The van der Waals surface area contributed by atoms with Crippen LogP contribution < -0.4 is 0 Å². The summed E-state index contributed by atoms with van der Waals surface area (Å²) < 4.78 is 0. The van der Waals surface area contributed by atoms with Crippen molar-refractivity contribution in [3.8, 4) is 11.8 Å². The molecule has 0 aliphatic carbocycles. The van der Waals surface area contributed by atoms with Crippen LogP contribution in [0.5, 0.6) is 0 Å². The van der Waals surface area contributed by atoms with Crippen molar-refractivity contribution in [1.82, 2.24) is 0 Å². The van der Waals surface area contributed by atoms with E-state index < -0.39 is 0 Å². The summed E-state index contributed by atoms with van der Waals surface area (Å²) in [4.78, 5) is 10.4. The number of aldehydes is 1. The van der Waals surface area contributed by atoms with Gasteiger partial charge in [-0.15, -0.1) is 0 Å². The van der Waals surface area contributed by atoms with E-state index >= 15 is 0 Å². The van der Waals surface area contributed by atoms with E-state index in [2.05, 4.69) is 11.8 Å². The number of benzene rings is 1. The Hall–Kier alpha value is -1.30. The first-order valence-electron chi connectivity index (χ1n) is 3.62. The molecule has 66 valence electrons. The van der Waals surface area contributed by atoms with Crippen LogP contribution in [-0.2, 0) is 0 Å². The predicted octanol–water partition coefficient (Wildman–Crippen LogP) is 1.50. The van der Waals surface area contributed by atoms with E-state index in [-0.39, 0.29) is 6.61 Å². The molecule has 1 N–H and O–H groups in total. The molecule has 0 saturated carbocycles. The third-order valence-corrected chi connectivity index (χ3v) is 1.76. The molecule has 0 spiro atoms. The molecule has 0 amide bonds. The lowest BCUT2D eigenvalue weighted by Gasteiger charge is -1.95. The van der Waals surface area contributed by atoms with Crippen LogP contribution in [0.1, 0.15) is 15.9 Å². The fraction of sp³-hybridized carbons (Fsp3) is 0.100. The van der Waals surface area contributed by atoms with Gasteiger partial charge in [0, 0.05) is 11.1 Å². The number of hydrogen-bond acceptors (Lipinski definition) is 2. The lowest BCUT2D eigenvalue weighted by molar-refractivity contribution is 0.112. The predicted molar refractivity (Wildman–Crippen MR) is 50.8 cm³/mol. The topological polar surface area (TPSA) is 37.3 Å². The molecule has 0 aromatic heterocycles. The molecule has 0 unspecified atom stereocenters. The highest BCUT2D eigenvalue weighted by Crippen LogP contribution is 2.15. The van der Waals surface area contributed by atoms with Crippen LogP contribution in [0.25, 0.3) is 0 Å². The van der Waals surface area contributed by atoms with Gasteiger partial charge in [-0.25, -0.2) is 0 Å². The normalized spacial score (nSPS) is 8.77. The van der Waals surface area contributed by atoms with Gasteiger partial charge in [0.1, 0.15) is 12.9 Å². The first-order chi connectivity index (χ1) is 6.27. The van der Waals surface area contributed by atoms with Crippen LogP contribution in [-0.4, -0.2) is 18.0 Å². The zero-order chi connectivity index (χ0) is 9.68. The molecule has 2 nitrogen and oxygen atoms in total. The van der Waals surface area contributed by atoms with Gasteiger partial charge >= 0.3 is 0 Å². The van der Waals surface area contributed by atoms with Gasteiger partial charge in [0.15, 0.2) is 0 Å². The minimum absolute atomic E-state index is 0.221. The second-order valence-corrected chi connectivity index (χ2v) is 2.72. The molecular formula is C10H7ClO2. The molecule has 0 bridgehead atoms. The van der Waals surface area contributed by atoms with Gasteiger partial charge in [-0.3, -0.25) is 4.79 Å². The summed E-state index contributed by atoms with van der Waals surface area (Å²) in [6, 6.07) is 4.80. The molecule has 1 rings (SSSR count). The average molecular weight is 195 g/mol. The second-order valence-electron chi connectivity index (χ2n) is 2.32. The number of carbonyl (C=O) groups excluding carboxylic acids is 1. The lowest BCUT2D eigenvalue weighted by Crippen LogP contribution is -1.84. The molecule has 0 radical (unpaired) electrons. The number of aliphatic hydroxyl groups excluding tert-OH is 1. The van der Waals surface area contributed by atoms with Crippen molar-refractivity contribution >= 4 is 17.9 Å². The summed E-state index contributed by atoms with van der Waals surface area (Å²) in [5.74, 6) is 5.11. The molecule has 3 heteroatoms. The first kappa shape index (κ1) is 9.79. The standard InChI is InChI=1S/C10H7ClO2/c11-10-4-3-8(7-13)6-9(10)2-1-5-12/h3-4,6-7,12H,5H2. The van der Waals surface area contributed by atoms with Gasteiger partial charge in [-0.2, -0.15) is 0 Å². The third-order valence-electron chi connectivity index (χ3n) is 1.43. The van der Waals surface area contributed by atoms with E-state index in [1.54, 1.807) is 18.2 Å². The minimum atomic E-state index is -0.221. The van der Waals surface area contributed by atoms with Gasteiger partial charge in [0.2, 0.25) is 0 Å². The van der Waals surface area contributed by atoms with E-state index in [1.165, 1.54) is 0 Å². The van der Waals surface area contributed by atoms with E-state index in [0.717, 1.165) is 6.29 Å². The van der Waals surface area contributed by atoms with Gasteiger partial charge in [0.05, 0.1) is 5.02 Å². The Morgan fingerprint density at radius 1 is 1.54 bits per heavy atom. The van der Waals surface area contributed by atoms with E-state index in [9.17, 15) is 4.79 Å². The monoisotopic (exact) mass is 194 g/mol. The Morgan fingerprint density at radius 2 is 2.31 bits per heavy atom. The van der Waals surface area contributed by atoms with Crippen molar-refractivity contribution in [2.45, 2.75) is 0 Å². The maximum absolute atomic E-state index is 10.4. The summed E-state index contributed by atoms with van der Waals surface area (Å²) in [6.07, 6.45) is 0.723. The zero-order valence-electron chi connectivity index (χ0n) is 6.75. The molecule has 0 aliphatic rings. The Labute approximate surface area is 81.1 Å². The lowest BCUT2D eigenvalue weighted by atomic mass is 10.1. The Morgan fingerprint density at radius 3 is 2.92 bits per heavy atom. The first-order valence-corrected chi connectivity index (χ1v) is 4.00. The van der Waals surface area contributed by atoms with Crippen LogP contribution in [0.3, 0.4) is 0 Å². The summed E-state index contributed by atoms with van der Waals surface area (Å²) in [5.41, 5.74) is 1.08. The summed E-state index contributed by atoms with van der Waals surface area (Å²) in [5, 5.41) is 8.94. The molecule has 0 fully saturated rings. The van der Waals surface area contributed by atoms with Crippen molar-refractivity contribution in [1.29, 1.82) is 0 Å². The molecule has 13 heavy (non-hydrogen) atoms. The molecule has 0 atom stereocenters. The summed E-state index contributed by atoms with van der Waals surface area (Å²) >= 11 is 5.79. The van der Waals surface area contributed by atoms with E-state index in [4.69, 9.17) is 16.7 Å². The fourth-order valence-corrected chi connectivity index (χ4v) is 1.01. The number of hydrogen-bond donors (Lipinski definition) is 1. The highest BCUT2D eigenvalue weighted by Gasteiger charge is 1.97. The van der Waals surface area contributed by atoms with Crippen LogP contribution in [0.4, 0.5) is 0 Å². The van der Waals surface area contributed by atoms with E-state index in [0.29, 0.717) is 16.1 Å². The molecular weight excluding hydrogens is 188 g/mol. The molecule has 0 aliphatic heterocycles. The maximum atomic E-state index is 10.4. The fourth-order valence-electron chi connectivity index (χ4n) is 0.847. The quantitative estimate of drug-likeness (QED) is 0.544. The largest absolute Gasteiger partial charge is 0.384 e. The maximum Gasteiger partial charge on any atom is 0.150 e. The smallest absolute Gasteiger partial charge is 0.150 e. The summed E-state index contributed by atoms with van der Waals surface area (Å²) in [6.45, 7) is -0.221. The van der Waals surface area contributed by atoms with Gasteiger partial charge in [0.25, 0.3) is 0 Å². The van der Waals surface area contributed by atoms with Gasteiger partial charge in [-0.1, -0.05) is 29.5 Å². The highest BCUT2D eigenvalue weighted by molar-refractivity contribution is 6.31. The number of aliphatic hydroxyl groups is 1. The highest BCUT2D eigenvalue weighted by atomic mass is 35.5. The van der Waals surface area contributed by atoms with Crippen LogP contribution in [0.2, 0.25) is 5.02 Å². The van der Waals surface area contributed by atoms with Crippen molar-refractivity contribution < 1.29 is 9.90 Å². The Kier molecular flexibility index (Phi) is 3.51. The Bertz CT molecular complexity index is 374. The molecule has 0 heterocycles. The van der Waals surface area contributed by atoms with Crippen molar-refractivity contribution in [2.75, 3.05) is 6.61 Å². The minimum Gasteiger partial charge on any atom is -0.384 e. The van der Waals surface area contributed by atoms with Crippen molar-refractivity contribution in [3.05, 3.63) is 34.3 Å². The van der Waals surface area contributed by atoms with Crippen LogP contribution in [0.15, 0.2) is 18.2 Å². The number of carbonyl (C=O) groups is 1. The van der Waals surface area contributed by atoms with Crippen molar-refractivity contribution in [2.24, 2.45) is 0 Å². The molecule has 0 saturated heterocycles. The molecule has 1 aromatic carbocycles. The van der Waals surface area contributed by atoms with Crippen LogP contribution in [0, 0.1) is 11.8 Å². The van der Waals surface area contributed by atoms with E-state index in [1.807, 2.05) is 0 Å².